The Labute approximate surface area is 121 Å². The molecule has 2 aromatic rings. The average molecular weight is 294 g/mol. The first-order valence-corrected chi connectivity index (χ1v) is 6.98. The summed E-state index contributed by atoms with van der Waals surface area (Å²) < 4.78 is 2.01. The summed E-state index contributed by atoms with van der Waals surface area (Å²) in [6.45, 7) is 3.17. The van der Waals surface area contributed by atoms with E-state index in [1.807, 2.05) is 10.7 Å². The molecule has 2 aromatic heterocycles. The monoisotopic (exact) mass is 293 g/mol. The molecule has 0 radical (unpaired) electrons. The van der Waals surface area contributed by atoms with Crippen molar-refractivity contribution in [3.63, 3.8) is 0 Å². The number of hydrogen-bond donors (Lipinski definition) is 3. The maximum atomic E-state index is 11.9. The lowest BCUT2D eigenvalue weighted by Gasteiger charge is -2.01. The molecule has 0 saturated heterocycles. The number of aromatic nitrogens is 3. The molecule has 7 heteroatoms. The van der Waals surface area contributed by atoms with Gasteiger partial charge in [0, 0.05) is 19.3 Å². The summed E-state index contributed by atoms with van der Waals surface area (Å²) in [5, 5.41) is 11.2. The van der Waals surface area contributed by atoms with Crippen LogP contribution in [0.15, 0.2) is 18.3 Å². The van der Waals surface area contributed by atoms with Crippen molar-refractivity contribution in [2.24, 2.45) is 0 Å². The third kappa shape index (κ3) is 2.86. The Hall–Kier alpha value is -1.79. The molecule has 0 aliphatic carbocycles. The molecule has 0 atom stereocenters. The van der Waals surface area contributed by atoms with Crippen molar-refractivity contribution in [3.05, 3.63) is 40.4 Å². The fourth-order valence-electron chi connectivity index (χ4n) is 2.27. The predicted molar refractivity (Wildman–Crippen MR) is 75.5 cm³/mol. The molecule has 1 aliphatic rings. The second kappa shape index (κ2) is 5.68. The molecule has 0 unspecified atom stereocenters. The summed E-state index contributed by atoms with van der Waals surface area (Å²) in [5.74, 6) is -0.182. The van der Waals surface area contributed by atoms with Crippen LogP contribution in [0.3, 0.4) is 0 Å². The van der Waals surface area contributed by atoms with Gasteiger partial charge in [0.25, 0.3) is 5.91 Å². The first-order chi connectivity index (χ1) is 9.72. The molecule has 3 heterocycles. The zero-order valence-electron chi connectivity index (χ0n) is 10.9. The van der Waals surface area contributed by atoms with Crippen LogP contribution in [0, 0.1) is 0 Å². The fraction of sp³-hybridized carbons (Fsp3) is 0.385. The molecule has 0 fully saturated rings. The van der Waals surface area contributed by atoms with E-state index in [2.05, 4.69) is 20.7 Å². The number of carbonyl (C=O) groups is 1. The summed E-state index contributed by atoms with van der Waals surface area (Å²) in [7, 11) is 0. The Morgan fingerprint density at radius 3 is 3.20 bits per heavy atom. The number of hydrogen-bond acceptors (Lipinski definition) is 3. The van der Waals surface area contributed by atoms with Crippen LogP contribution in [0.4, 0.5) is 0 Å². The SMILES string of the molecule is O=C(NCc1cc2n(n1)CCCNC2)c1cc(Cl)c[nH]1. The number of aryl methyl sites for hydroxylation is 1. The number of H-pyrrole nitrogens is 1. The second-order valence-corrected chi connectivity index (χ2v) is 5.23. The number of nitrogens with one attached hydrogen (secondary N) is 3. The maximum absolute atomic E-state index is 11.9. The topological polar surface area (TPSA) is 74.7 Å². The van der Waals surface area contributed by atoms with Gasteiger partial charge in [-0.1, -0.05) is 11.6 Å². The largest absolute Gasteiger partial charge is 0.356 e. The van der Waals surface area contributed by atoms with Gasteiger partial charge in [-0.05, 0) is 25.1 Å². The molecule has 106 valence electrons. The van der Waals surface area contributed by atoms with E-state index >= 15 is 0 Å². The predicted octanol–water partition coefficient (Wildman–Crippen LogP) is 1.29. The number of rotatable bonds is 3. The van der Waals surface area contributed by atoms with Crippen LogP contribution in [0.5, 0.6) is 0 Å². The Balaban J connectivity index is 1.62. The smallest absolute Gasteiger partial charge is 0.268 e. The zero-order chi connectivity index (χ0) is 13.9. The van der Waals surface area contributed by atoms with Gasteiger partial charge in [-0.25, -0.2) is 0 Å². The van der Waals surface area contributed by atoms with Crippen molar-refractivity contribution >= 4 is 17.5 Å². The lowest BCUT2D eigenvalue weighted by atomic mass is 10.3. The Morgan fingerprint density at radius 2 is 2.40 bits per heavy atom. The van der Waals surface area contributed by atoms with Crippen molar-refractivity contribution in [2.75, 3.05) is 6.54 Å². The van der Waals surface area contributed by atoms with Gasteiger partial charge in [-0.2, -0.15) is 5.10 Å². The second-order valence-electron chi connectivity index (χ2n) is 4.79. The Kier molecular flexibility index (Phi) is 3.75. The van der Waals surface area contributed by atoms with Gasteiger partial charge in [0.2, 0.25) is 0 Å². The van der Waals surface area contributed by atoms with Crippen LogP contribution >= 0.6 is 11.6 Å². The number of nitrogens with zero attached hydrogens (tertiary/aromatic N) is 2. The molecule has 0 aromatic carbocycles. The molecule has 0 saturated carbocycles. The van der Waals surface area contributed by atoms with Crippen LogP contribution in [-0.2, 0) is 19.6 Å². The van der Waals surface area contributed by atoms with Crippen molar-refractivity contribution in [1.29, 1.82) is 0 Å². The first-order valence-electron chi connectivity index (χ1n) is 6.61. The summed E-state index contributed by atoms with van der Waals surface area (Å²) >= 11 is 5.77. The van der Waals surface area contributed by atoms with E-state index in [1.165, 1.54) is 0 Å². The number of amides is 1. The van der Waals surface area contributed by atoms with Crippen molar-refractivity contribution < 1.29 is 4.79 Å². The molecule has 1 amide bonds. The van der Waals surface area contributed by atoms with Crippen LogP contribution in [-0.4, -0.2) is 27.2 Å². The molecule has 3 rings (SSSR count). The Morgan fingerprint density at radius 1 is 1.50 bits per heavy atom. The minimum Gasteiger partial charge on any atom is -0.356 e. The molecule has 3 N–H and O–H groups in total. The number of fused-ring (bicyclic) bond motifs is 1. The normalized spacial score (nSPS) is 14.7. The van der Waals surface area contributed by atoms with Crippen LogP contribution in [0.2, 0.25) is 5.02 Å². The Bertz CT molecular complexity index is 595. The van der Waals surface area contributed by atoms with Gasteiger partial charge in [-0.15, -0.1) is 0 Å². The third-order valence-corrected chi connectivity index (χ3v) is 3.48. The third-order valence-electron chi connectivity index (χ3n) is 3.27. The molecule has 6 nitrogen and oxygen atoms in total. The van der Waals surface area contributed by atoms with Gasteiger partial charge >= 0.3 is 0 Å². The summed E-state index contributed by atoms with van der Waals surface area (Å²) in [4.78, 5) is 14.7. The highest BCUT2D eigenvalue weighted by atomic mass is 35.5. The highest BCUT2D eigenvalue weighted by Gasteiger charge is 2.12. The van der Waals surface area contributed by atoms with E-state index in [4.69, 9.17) is 11.6 Å². The number of halogens is 1. The van der Waals surface area contributed by atoms with E-state index in [1.54, 1.807) is 12.3 Å². The highest BCUT2D eigenvalue weighted by molar-refractivity contribution is 6.30. The number of aromatic amines is 1. The van der Waals surface area contributed by atoms with Crippen LogP contribution < -0.4 is 10.6 Å². The molecular weight excluding hydrogens is 278 g/mol. The van der Waals surface area contributed by atoms with Crippen molar-refractivity contribution in [1.82, 2.24) is 25.4 Å². The maximum Gasteiger partial charge on any atom is 0.268 e. The van der Waals surface area contributed by atoms with Gasteiger partial charge in [0.15, 0.2) is 0 Å². The molecule has 0 spiro atoms. The lowest BCUT2D eigenvalue weighted by molar-refractivity contribution is 0.0946. The average Bonchev–Trinajstić information content (AvgIpc) is 2.97. The van der Waals surface area contributed by atoms with E-state index in [9.17, 15) is 4.79 Å². The summed E-state index contributed by atoms with van der Waals surface area (Å²) in [5.41, 5.74) is 2.49. The molecule has 1 aliphatic heterocycles. The fourth-order valence-corrected chi connectivity index (χ4v) is 2.44. The van der Waals surface area contributed by atoms with Gasteiger partial charge < -0.3 is 15.6 Å². The molecule has 0 bridgehead atoms. The minimum atomic E-state index is -0.182. The zero-order valence-corrected chi connectivity index (χ0v) is 11.7. The standard InChI is InChI=1S/C13H16ClN5O/c14-9-4-12(16-6-9)13(20)17-7-10-5-11-8-15-2-1-3-19(11)18-10/h4-6,15-16H,1-3,7-8H2,(H,17,20). The number of carbonyl (C=O) groups excluding carboxylic acids is 1. The first kappa shape index (κ1) is 13.2. The minimum absolute atomic E-state index is 0.182. The summed E-state index contributed by atoms with van der Waals surface area (Å²) in [6, 6.07) is 3.63. The summed E-state index contributed by atoms with van der Waals surface area (Å²) in [6.07, 6.45) is 2.66. The van der Waals surface area contributed by atoms with Crippen molar-refractivity contribution in [2.45, 2.75) is 26.1 Å². The van der Waals surface area contributed by atoms with Crippen LogP contribution in [0.1, 0.15) is 28.3 Å². The van der Waals surface area contributed by atoms with Gasteiger partial charge in [0.05, 0.1) is 23.0 Å². The van der Waals surface area contributed by atoms with E-state index in [0.717, 1.165) is 37.4 Å². The van der Waals surface area contributed by atoms with E-state index in [0.29, 0.717) is 17.3 Å². The quantitative estimate of drug-likeness (QED) is 0.798. The molecular formula is C13H16ClN5O. The molecule has 20 heavy (non-hydrogen) atoms. The van der Waals surface area contributed by atoms with E-state index in [-0.39, 0.29) is 5.91 Å². The van der Waals surface area contributed by atoms with Gasteiger partial charge in [0.1, 0.15) is 5.69 Å². The highest BCUT2D eigenvalue weighted by Crippen LogP contribution is 2.10. The van der Waals surface area contributed by atoms with Crippen LogP contribution in [0.25, 0.3) is 0 Å². The lowest BCUT2D eigenvalue weighted by Crippen LogP contribution is -2.23. The van der Waals surface area contributed by atoms with Gasteiger partial charge in [-0.3, -0.25) is 9.48 Å². The van der Waals surface area contributed by atoms with E-state index < -0.39 is 0 Å². The van der Waals surface area contributed by atoms with Crippen molar-refractivity contribution in [3.8, 4) is 0 Å².